The predicted molar refractivity (Wildman–Crippen MR) is 171 cm³/mol. The van der Waals surface area contributed by atoms with Crippen LogP contribution in [0, 0.1) is 5.92 Å². The van der Waals surface area contributed by atoms with Crippen LogP contribution in [0.4, 0.5) is 5.95 Å². The molecule has 0 radical (unpaired) electrons. The minimum absolute atomic E-state index is 0.253. The molecule has 0 saturated carbocycles. The zero-order chi connectivity index (χ0) is 31.3. The highest BCUT2D eigenvalue weighted by Crippen LogP contribution is 2.33. The summed E-state index contributed by atoms with van der Waals surface area (Å²) in [4.78, 5) is 26.0. The van der Waals surface area contributed by atoms with Crippen molar-refractivity contribution in [2.24, 2.45) is 11.7 Å². The normalized spacial score (nSPS) is 16.4. The van der Waals surface area contributed by atoms with Crippen molar-refractivity contribution in [2.75, 3.05) is 39.7 Å². The summed E-state index contributed by atoms with van der Waals surface area (Å²) in [5, 5.41) is 14.9. The quantitative estimate of drug-likeness (QED) is 0.192. The number of likely N-dealkylation sites (tertiary alicyclic amines) is 1. The zero-order valence-electron chi connectivity index (χ0n) is 26.4. The molecule has 2 atom stereocenters. The highest BCUT2D eigenvalue weighted by Gasteiger charge is 2.35. The topological polar surface area (TPSA) is 144 Å². The number of nitrogens with one attached hydrogen (secondary N) is 1. The molecule has 0 bridgehead atoms. The number of nitrogens with two attached hydrogens (primary N) is 1. The second-order valence-corrected chi connectivity index (χ2v) is 11.8. The molecule has 0 amide bonds. The van der Waals surface area contributed by atoms with E-state index in [2.05, 4.69) is 24.2 Å². The molecule has 234 valence electrons. The fourth-order valence-corrected chi connectivity index (χ4v) is 5.64. The van der Waals surface area contributed by atoms with Crippen LogP contribution in [0.15, 0.2) is 42.9 Å². The number of piperidine rings is 1. The summed E-state index contributed by atoms with van der Waals surface area (Å²) >= 11 is 0. The van der Waals surface area contributed by atoms with Gasteiger partial charge in [0.25, 0.3) is 0 Å². The van der Waals surface area contributed by atoms with E-state index in [1.54, 1.807) is 20.4 Å². The largest absolute Gasteiger partial charge is 0.497 e. The van der Waals surface area contributed by atoms with Crippen LogP contribution in [0.3, 0.4) is 0 Å². The van der Waals surface area contributed by atoms with E-state index < -0.39 is 5.72 Å². The van der Waals surface area contributed by atoms with Gasteiger partial charge >= 0.3 is 0 Å². The Hall–Kier alpha value is -3.93. The molecule has 1 fully saturated rings. The maximum absolute atomic E-state index is 11.6. The lowest BCUT2D eigenvalue weighted by atomic mass is 9.89. The number of benzene rings is 1. The number of pyridine rings is 1. The number of rotatable bonds is 12. The van der Waals surface area contributed by atoms with Crippen LogP contribution in [-0.2, 0) is 12.3 Å². The van der Waals surface area contributed by atoms with Crippen molar-refractivity contribution in [1.82, 2.24) is 29.8 Å². The van der Waals surface area contributed by atoms with E-state index in [4.69, 9.17) is 40.1 Å². The Labute approximate surface area is 259 Å². The third-order valence-electron chi connectivity index (χ3n) is 8.68. The Morgan fingerprint density at radius 2 is 1.77 bits per heavy atom. The van der Waals surface area contributed by atoms with Crippen molar-refractivity contribution in [3.8, 4) is 22.6 Å². The smallest absolute Gasteiger partial charge is 0.224 e. The van der Waals surface area contributed by atoms with Crippen LogP contribution in [0.2, 0.25) is 0 Å². The Balaban J connectivity index is 1.49. The maximum Gasteiger partial charge on any atom is 0.224 e. The number of ether oxygens (including phenoxy) is 2. The fraction of sp³-hybridized carbons (Fsp3) is 0.485. The predicted octanol–water partition coefficient (Wildman–Crippen LogP) is 4.85. The van der Waals surface area contributed by atoms with Crippen LogP contribution in [0.1, 0.15) is 69.0 Å². The number of hydrogen-bond acceptors (Lipinski definition) is 11. The van der Waals surface area contributed by atoms with E-state index in [1.807, 2.05) is 43.6 Å². The minimum Gasteiger partial charge on any atom is -0.497 e. The molecule has 5 rings (SSSR count). The van der Waals surface area contributed by atoms with Gasteiger partial charge in [0, 0.05) is 59.7 Å². The van der Waals surface area contributed by atoms with Crippen molar-refractivity contribution in [1.29, 1.82) is 0 Å². The Morgan fingerprint density at radius 1 is 1.05 bits per heavy atom. The Morgan fingerprint density at radius 3 is 2.45 bits per heavy atom. The standard InChI is InChI=1S/C33H44N8O3/c1-6-7-8-21(2)33(34,42)30-29-27(39-32(40-30)38-17-23-9-10-26(43-4)16-28(23)44-5)15-24(18-35-29)25-19-36-31(37-20-25)22-11-13-41(3)14-12-22/h9-10,15-16,18-22,42H,6-8,11-14,17,34H2,1-5H3,(H,38,39,40). The Bertz CT molecular complexity index is 1560. The highest BCUT2D eigenvalue weighted by atomic mass is 16.5. The van der Waals surface area contributed by atoms with Crippen LogP contribution in [-0.4, -0.2) is 69.3 Å². The lowest BCUT2D eigenvalue weighted by molar-refractivity contribution is -0.0179. The van der Waals surface area contributed by atoms with Gasteiger partial charge < -0.3 is 24.8 Å². The number of methoxy groups -OCH3 is 2. The van der Waals surface area contributed by atoms with Crippen molar-refractivity contribution < 1.29 is 14.6 Å². The van der Waals surface area contributed by atoms with E-state index >= 15 is 0 Å². The summed E-state index contributed by atoms with van der Waals surface area (Å²) in [6, 6.07) is 7.55. The first-order valence-electron chi connectivity index (χ1n) is 15.4. The summed E-state index contributed by atoms with van der Waals surface area (Å²) in [5.41, 5.74) is 8.78. The lowest BCUT2D eigenvalue weighted by Gasteiger charge is -2.30. The van der Waals surface area contributed by atoms with Crippen molar-refractivity contribution in [3.05, 3.63) is 59.9 Å². The van der Waals surface area contributed by atoms with Gasteiger partial charge in [0.15, 0.2) is 5.72 Å². The molecule has 11 heteroatoms. The molecule has 1 aliphatic rings. The maximum atomic E-state index is 11.6. The van der Waals surface area contributed by atoms with Gasteiger partial charge in [0.1, 0.15) is 28.5 Å². The summed E-state index contributed by atoms with van der Waals surface area (Å²) in [6.07, 6.45) is 10.3. The van der Waals surface area contributed by atoms with E-state index in [0.717, 1.165) is 67.7 Å². The van der Waals surface area contributed by atoms with Gasteiger partial charge in [-0.2, -0.15) is 0 Å². The summed E-state index contributed by atoms with van der Waals surface area (Å²) in [5.74, 6) is 2.71. The van der Waals surface area contributed by atoms with E-state index in [1.165, 1.54) is 0 Å². The molecule has 1 saturated heterocycles. The first-order valence-corrected chi connectivity index (χ1v) is 15.4. The zero-order valence-corrected chi connectivity index (χ0v) is 26.4. The second-order valence-electron chi connectivity index (χ2n) is 11.8. The summed E-state index contributed by atoms with van der Waals surface area (Å²) in [6.45, 7) is 6.55. The van der Waals surface area contributed by atoms with E-state index in [0.29, 0.717) is 40.9 Å². The molecule has 4 aromatic rings. The molecule has 3 aromatic heterocycles. The molecule has 1 aromatic carbocycles. The van der Waals surface area contributed by atoms with Gasteiger partial charge in [-0.3, -0.25) is 10.7 Å². The third-order valence-corrected chi connectivity index (χ3v) is 8.68. The number of hydrogen-bond donors (Lipinski definition) is 3. The van der Waals surface area contributed by atoms with Gasteiger partial charge in [0.2, 0.25) is 5.95 Å². The monoisotopic (exact) mass is 600 g/mol. The summed E-state index contributed by atoms with van der Waals surface area (Å²) < 4.78 is 10.9. The number of fused-ring (bicyclic) bond motifs is 1. The molecular weight excluding hydrogens is 556 g/mol. The molecule has 11 nitrogen and oxygen atoms in total. The molecular formula is C33H44N8O3. The third kappa shape index (κ3) is 6.90. The van der Waals surface area contributed by atoms with E-state index in [9.17, 15) is 5.11 Å². The average Bonchev–Trinajstić information content (AvgIpc) is 3.05. The van der Waals surface area contributed by atoms with Crippen molar-refractivity contribution in [2.45, 2.75) is 64.1 Å². The molecule has 0 aliphatic carbocycles. The number of nitrogens with zero attached hydrogens (tertiary/aromatic N) is 6. The van der Waals surface area contributed by atoms with Crippen LogP contribution in [0.25, 0.3) is 22.2 Å². The first-order chi connectivity index (χ1) is 21.2. The number of unbranched alkanes of at least 4 members (excludes halogenated alkanes) is 1. The highest BCUT2D eigenvalue weighted by molar-refractivity contribution is 5.83. The lowest BCUT2D eigenvalue weighted by Crippen LogP contribution is -2.44. The van der Waals surface area contributed by atoms with Gasteiger partial charge in [0.05, 0.1) is 19.7 Å². The molecule has 1 aliphatic heterocycles. The second kappa shape index (κ2) is 13.8. The van der Waals surface area contributed by atoms with Crippen LogP contribution in [0.5, 0.6) is 11.5 Å². The number of aromatic nitrogens is 5. The molecule has 0 spiro atoms. The first kappa shape index (κ1) is 31.5. The van der Waals surface area contributed by atoms with Gasteiger partial charge in [-0.1, -0.05) is 26.7 Å². The molecule has 44 heavy (non-hydrogen) atoms. The van der Waals surface area contributed by atoms with Gasteiger partial charge in [-0.25, -0.2) is 19.9 Å². The number of anilines is 1. The van der Waals surface area contributed by atoms with Gasteiger partial charge in [-0.05, 0) is 57.6 Å². The van der Waals surface area contributed by atoms with Crippen molar-refractivity contribution in [3.63, 3.8) is 0 Å². The van der Waals surface area contributed by atoms with Gasteiger partial charge in [-0.15, -0.1) is 0 Å². The SMILES string of the molecule is CCCCC(C)C(N)(O)c1nc(NCc2ccc(OC)cc2OC)nc2cc(-c3cnc(C4CCN(C)CC4)nc3)cnc12. The molecule has 4 heterocycles. The Kier molecular flexibility index (Phi) is 9.87. The van der Waals surface area contributed by atoms with Crippen LogP contribution < -0.4 is 20.5 Å². The number of aliphatic hydroxyl groups is 1. The minimum atomic E-state index is -1.71. The van der Waals surface area contributed by atoms with Crippen molar-refractivity contribution >= 4 is 17.0 Å². The summed E-state index contributed by atoms with van der Waals surface area (Å²) in [7, 11) is 5.38. The average molecular weight is 601 g/mol. The molecule has 4 N–H and O–H groups in total. The molecule has 2 unspecified atom stereocenters. The van der Waals surface area contributed by atoms with E-state index in [-0.39, 0.29) is 11.6 Å². The van der Waals surface area contributed by atoms with Crippen LogP contribution >= 0.6 is 0 Å². The fourth-order valence-electron chi connectivity index (χ4n) is 5.64.